The van der Waals surface area contributed by atoms with Gasteiger partial charge < -0.3 is 20.3 Å². The zero-order valence-electron chi connectivity index (χ0n) is 24.8. The predicted molar refractivity (Wildman–Crippen MR) is 161 cm³/mol. The number of H-pyrrole nitrogens is 1. The first-order chi connectivity index (χ1) is 19.9. The smallest absolute Gasteiger partial charge is 0.271 e. The highest BCUT2D eigenvalue weighted by Gasteiger charge is 2.25. The van der Waals surface area contributed by atoms with Crippen molar-refractivity contribution in [2.24, 2.45) is 7.05 Å². The lowest BCUT2D eigenvalue weighted by Gasteiger charge is -2.37. The predicted octanol–water partition coefficient (Wildman–Crippen LogP) is 2.73. The number of carbonyl (C=O) groups excluding carboxylic acids is 1. The van der Waals surface area contributed by atoms with E-state index >= 15 is 0 Å². The van der Waals surface area contributed by atoms with Gasteiger partial charge in [0.25, 0.3) is 11.5 Å². The topological polar surface area (TPSA) is 108 Å². The maximum absolute atomic E-state index is 13.7. The highest BCUT2D eigenvalue weighted by Crippen LogP contribution is 2.34. The summed E-state index contributed by atoms with van der Waals surface area (Å²) >= 11 is 0. The van der Waals surface area contributed by atoms with E-state index in [-0.39, 0.29) is 18.0 Å². The summed E-state index contributed by atoms with van der Waals surface area (Å²) in [6.45, 7) is 13.4. The number of amides is 1. The highest BCUT2D eigenvalue weighted by molar-refractivity contribution is 5.99. The van der Waals surface area contributed by atoms with Crippen molar-refractivity contribution in [2.45, 2.75) is 52.7 Å². The summed E-state index contributed by atoms with van der Waals surface area (Å²) in [5.74, 6) is -0.195. The molecule has 5 rings (SSSR count). The Morgan fingerprint density at radius 2 is 1.90 bits per heavy atom. The summed E-state index contributed by atoms with van der Waals surface area (Å²) in [5.41, 5.74) is 6.77. The van der Waals surface area contributed by atoms with E-state index in [9.17, 15) is 9.59 Å². The second-order valence-corrected chi connectivity index (χ2v) is 11.1. The Labute approximate surface area is 242 Å². The number of hydrogen-bond acceptors (Lipinski definition) is 7. The van der Waals surface area contributed by atoms with E-state index in [1.807, 2.05) is 26.1 Å². The van der Waals surface area contributed by atoms with Crippen LogP contribution in [-0.2, 0) is 24.9 Å². The number of hydrogen-bond donors (Lipinski definition) is 3. The molecular formula is C31H43N7O3. The van der Waals surface area contributed by atoms with E-state index in [4.69, 9.17) is 9.72 Å². The molecule has 220 valence electrons. The Morgan fingerprint density at radius 1 is 1.15 bits per heavy atom. The zero-order valence-corrected chi connectivity index (χ0v) is 24.8. The standard InChI is InChI=1S/C31H43N7O3/c1-5-38(26-8-14-41-15-9-26)29-17-24(23-6-7-25(33-18-23)20-37-12-10-32-11-13-37)16-27(21(29)2)30(39)34-19-28-22(3)35-36(4)31(28)40/h6-7,16-18,26,32,35H,5,8-15,19-20H2,1-4H3,(H,34,39). The van der Waals surface area contributed by atoms with Crippen LogP contribution in [-0.4, -0.2) is 77.6 Å². The largest absolute Gasteiger partial charge is 0.381 e. The Morgan fingerprint density at radius 3 is 2.54 bits per heavy atom. The number of rotatable bonds is 9. The number of aromatic amines is 1. The van der Waals surface area contributed by atoms with Crippen molar-refractivity contribution in [1.29, 1.82) is 0 Å². The third-order valence-electron chi connectivity index (χ3n) is 8.44. The van der Waals surface area contributed by atoms with E-state index < -0.39 is 0 Å². The van der Waals surface area contributed by atoms with Gasteiger partial charge >= 0.3 is 0 Å². The molecule has 0 radical (unpaired) electrons. The van der Waals surface area contributed by atoms with Crippen LogP contribution >= 0.6 is 0 Å². The third-order valence-corrected chi connectivity index (χ3v) is 8.44. The zero-order chi connectivity index (χ0) is 28.9. The maximum atomic E-state index is 13.7. The number of nitrogens with zero attached hydrogens (tertiary/aromatic N) is 4. The average molecular weight is 562 g/mol. The molecule has 3 aromatic rings. The average Bonchev–Trinajstić information content (AvgIpc) is 3.24. The van der Waals surface area contributed by atoms with Crippen LogP contribution in [0.1, 0.15) is 52.6 Å². The number of benzene rings is 1. The molecule has 10 nitrogen and oxygen atoms in total. The van der Waals surface area contributed by atoms with Crippen LogP contribution in [0.4, 0.5) is 5.69 Å². The van der Waals surface area contributed by atoms with Crippen molar-refractivity contribution in [3.63, 3.8) is 0 Å². The number of aryl methyl sites for hydroxylation is 2. The minimum absolute atomic E-state index is 0.127. The van der Waals surface area contributed by atoms with Crippen LogP contribution in [0.5, 0.6) is 0 Å². The van der Waals surface area contributed by atoms with Crippen molar-refractivity contribution < 1.29 is 9.53 Å². The monoisotopic (exact) mass is 561 g/mol. The molecule has 0 saturated carbocycles. The first-order valence-electron chi connectivity index (χ1n) is 14.8. The van der Waals surface area contributed by atoms with Crippen LogP contribution in [0, 0.1) is 13.8 Å². The normalized spacial score (nSPS) is 16.6. The molecule has 2 aliphatic heterocycles. The van der Waals surface area contributed by atoms with Gasteiger partial charge in [0.15, 0.2) is 0 Å². The van der Waals surface area contributed by atoms with E-state index in [0.29, 0.717) is 17.2 Å². The molecule has 2 aliphatic rings. The van der Waals surface area contributed by atoms with Crippen LogP contribution in [0.25, 0.3) is 11.1 Å². The summed E-state index contributed by atoms with van der Waals surface area (Å²) in [7, 11) is 1.68. The fourth-order valence-corrected chi connectivity index (χ4v) is 6.01. The number of nitrogens with one attached hydrogen (secondary N) is 3. The van der Waals surface area contributed by atoms with Crippen molar-refractivity contribution in [3.05, 3.63) is 68.9 Å². The number of pyridine rings is 1. The molecule has 0 atom stereocenters. The van der Waals surface area contributed by atoms with Gasteiger partial charge in [0, 0.05) is 94.3 Å². The third kappa shape index (κ3) is 6.55. The Balaban J connectivity index is 1.46. The summed E-state index contributed by atoms with van der Waals surface area (Å²) < 4.78 is 7.08. The van der Waals surface area contributed by atoms with Crippen molar-refractivity contribution >= 4 is 11.6 Å². The van der Waals surface area contributed by atoms with Gasteiger partial charge in [0.2, 0.25) is 0 Å². The van der Waals surface area contributed by atoms with Gasteiger partial charge in [-0.05, 0) is 62.9 Å². The van der Waals surface area contributed by atoms with Crippen LogP contribution in [0.2, 0.25) is 0 Å². The molecular weight excluding hydrogens is 518 g/mol. The molecule has 1 aromatic carbocycles. The lowest BCUT2D eigenvalue weighted by Crippen LogP contribution is -2.43. The second kappa shape index (κ2) is 13.0. The number of piperazine rings is 1. The highest BCUT2D eigenvalue weighted by atomic mass is 16.5. The molecule has 0 aliphatic carbocycles. The molecule has 4 heterocycles. The number of ether oxygens (including phenoxy) is 1. The molecule has 3 N–H and O–H groups in total. The Kier molecular flexibility index (Phi) is 9.22. The first-order valence-corrected chi connectivity index (χ1v) is 14.8. The molecule has 2 fully saturated rings. The van der Waals surface area contributed by atoms with Gasteiger partial charge in [-0.25, -0.2) is 0 Å². The lowest BCUT2D eigenvalue weighted by atomic mass is 9.95. The summed E-state index contributed by atoms with van der Waals surface area (Å²) in [6.07, 6.45) is 3.83. The minimum Gasteiger partial charge on any atom is -0.381 e. The first kappa shape index (κ1) is 29.0. The molecule has 0 spiro atoms. The molecule has 2 aromatic heterocycles. The number of anilines is 1. The Hall–Kier alpha value is -3.47. The quantitative estimate of drug-likeness (QED) is 0.369. The van der Waals surface area contributed by atoms with Crippen LogP contribution < -0.4 is 21.1 Å². The number of aromatic nitrogens is 3. The summed E-state index contributed by atoms with van der Waals surface area (Å²) in [4.78, 5) is 35.8. The van der Waals surface area contributed by atoms with Crippen LogP contribution in [0.3, 0.4) is 0 Å². The fraction of sp³-hybridized carbons (Fsp3) is 0.516. The summed E-state index contributed by atoms with van der Waals surface area (Å²) in [5, 5.41) is 9.41. The molecule has 1 amide bonds. The van der Waals surface area contributed by atoms with Crippen LogP contribution in [0.15, 0.2) is 35.3 Å². The van der Waals surface area contributed by atoms with Gasteiger partial charge in [0.05, 0.1) is 17.8 Å². The molecule has 10 heteroatoms. The lowest BCUT2D eigenvalue weighted by molar-refractivity contribution is 0.0846. The Bertz CT molecular complexity index is 1400. The molecule has 0 unspecified atom stereocenters. The van der Waals surface area contributed by atoms with E-state index in [2.05, 4.69) is 50.7 Å². The maximum Gasteiger partial charge on any atom is 0.271 e. The van der Waals surface area contributed by atoms with E-state index in [1.165, 1.54) is 4.68 Å². The van der Waals surface area contributed by atoms with Gasteiger partial charge in [-0.2, -0.15) is 0 Å². The molecule has 41 heavy (non-hydrogen) atoms. The fourth-order valence-electron chi connectivity index (χ4n) is 6.01. The minimum atomic E-state index is -0.195. The van der Waals surface area contributed by atoms with Gasteiger partial charge in [-0.3, -0.25) is 29.3 Å². The summed E-state index contributed by atoms with van der Waals surface area (Å²) in [6, 6.07) is 8.71. The van der Waals surface area contributed by atoms with Crippen molar-refractivity contribution in [2.75, 3.05) is 50.8 Å². The SMILES string of the molecule is CCN(c1cc(-c2ccc(CN3CCNCC3)nc2)cc(C(=O)NCc2c(C)[nH]n(C)c2=O)c1C)C1CCOCC1. The van der Waals surface area contributed by atoms with Gasteiger partial charge in [-0.15, -0.1) is 0 Å². The number of carbonyl (C=O) groups is 1. The molecule has 0 bridgehead atoms. The van der Waals surface area contributed by atoms with Gasteiger partial charge in [-0.1, -0.05) is 6.07 Å². The van der Waals surface area contributed by atoms with Crippen molar-refractivity contribution in [3.8, 4) is 11.1 Å². The van der Waals surface area contributed by atoms with E-state index in [1.54, 1.807) is 7.05 Å². The second-order valence-electron chi connectivity index (χ2n) is 11.1. The van der Waals surface area contributed by atoms with Gasteiger partial charge in [0.1, 0.15) is 0 Å². The van der Waals surface area contributed by atoms with E-state index in [0.717, 1.165) is 99.1 Å². The molecule has 2 saturated heterocycles. The van der Waals surface area contributed by atoms with Crippen molar-refractivity contribution in [1.82, 2.24) is 30.3 Å².